The maximum Gasteiger partial charge on any atom is 0.326 e. The van der Waals surface area contributed by atoms with Crippen molar-refractivity contribution < 1.29 is 19.4 Å². The molecule has 1 aromatic rings. The molecule has 0 saturated heterocycles. The van der Waals surface area contributed by atoms with Crippen molar-refractivity contribution in [3.05, 3.63) is 41.1 Å². The van der Waals surface area contributed by atoms with E-state index in [1.54, 1.807) is 24.3 Å². The van der Waals surface area contributed by atoms with Crippen LogP contribution in [0.25, 0.3) is 0 Å². The van der Waals surface area contributed by atoms with Gasteiger partial charge in [0.2, 0.25) is 0 Å². The standard InChI is InChI=1S/C19H22ClNO4/c20-15-8-4-5-9-17(15)25-14-11-18(22)21(12-14)16(19(23)24)10-13-6-2-1-3-7-13/h4-5,8-9,11,13,16H,1-3,6-7,10,12H2,(H,23,24). The van der Waals surface area contributed by atoms with Gasteiger partial charge >= 0.3 is 5.97 Å². The number of nitrogens with zero attached hydrogens (tertiary/aromatic N) is 1. The van der Waals surface area contributed by atoms with Crippen LogP contribution in [0.3, 0.4) is 0 Å². The molecule has 134 valence electrons. The van der Waals surface area contributed by atoms with Gasteiger partial charge in [-0.3, -0.25) is 4.79 Å². The molecule has 1 saturated carbocycles. The van der Waals surface area contributed by atoms with Crippen molar-refractivity contribution in [2.45, 2.75) is 44.6 Å². The van der Waals surface area contributed by atoms with Crippen molar-refractivity contribution in [2.24, 2.45) is 5.92 Å². The molecule has 1 aromatic carbocycles. The highest BCUT2D eigenvalue weighted by atomic mass is 35.5. The molecule has 25 heavy (non-hydrogen) atoms. The molecule has 0 aromatic heterocycles. The van der Waals surface area contributed by atoms with Gasteiger partial charge in [0.05, 0.1) is 11.6 Å². The number of hydrogen-bond donors (Lipinski definition) is 1. The molecule has 5 nitrogen and oxygen atoms in total. The number of aliphatic carboxylic acids is 1. The Balaban J connectivity index is 1.66. The van der Waals surface area contributed by atoms with E-state index < -0.39 is 12.0 Å². The van der Waals surface area contributed by atoms with Crippen LogP contribution in [0.15, 0.2) is 36.1 Å². The van der Waals surface area contributed by atoms with Crippen molar-refractivity contribution in [1.29, 1.82) is 0 Å². The third-order valence-electron chi connectivity index (χ3n) is 4.91. The van der Waals surface area contributed by atoms with E-state index in [1.807, 2.05) is 0 Å². The molecule has 3 rings (SSSR count). The van der Waals surface area contributed by atoms with Gasteiger partial charge in [0.25, 0.3) is 5.91 Å². The maximum atomic E-state index is 12.3. The molecule has 0 spiro atoms. The molecule has 0 radical (unpaired) electrons. The molecule has 1 N–H and O–H groups in total. The van der Waals surface area contributed by atoms with Gasteiger partial charge in [0.1, 0.15) is 17.6 Å². The van der Waals surface area contributed by atoms with Gasteiger partial charge in [-0.25, -0.2) is 4.79 Å². The van der Waals surface area contributed by atoms with E-state index in [4.69, 9.17) is 16.3 Å². The minimum Gasteiger partial charge on any atom is -0.480 e. The molecule has 2 aliphatic rings. The van der Waals surface area contributed by atoms with Crippen molar-refractivity contribution in [3.63, 3.8) is 0 Å². The molecule has 1 unspecified atom stereocenters. The Bertz CT molecular complexity index is 682. The van der Waals surface area contributed by atoms with E-state index in [0.29, 0.717) is 28.9 Å². The molecule has 1 atom stereocenters. The number of amides is 1. The molecular formula is C19H22ClNO4. The van der Waals surface area contributed by atoms with E-state index in [2.05, 4.69) is 0 Å². The molecule has 1 heterocycles. The molecule has 1 fully saturated rings. The van der Waals surface area contributed by atoms with Crippen molar-refractivity contribution in [3.8, 4) is 5.75 Å². The second-order valence-corrected chi connectivity index (χ2v) is 7.11. The lowest BCUT2D eigenvalue weighted by Gasteiger charge is -2.30. The fraction of sp³-hybridized carbons (Fsp3) is 0.474. The first-order valence-corrected chi connectivity index (χ1v) is 9.09. The molecule has 6 heteroatoms. The zero-order valence-electron chi connectivity index (χ0n) is 14.0. The van der Waals surface area contributed by atoms with Crippen LogP contribution in [0.1, 0.15) is 38.5 Å². The third kappa shape index (κ3) is 4.34. The van der Waals surface area contributed by atoms with Gasteiger partial charge in [-0.15, -0.1) is 0 Å². The number of benzene rings is 1. The summed E-state index contributed by atoms with van der Waals surface area (Å²) in [5, 5.41) is 10.1. The minimum absolute atomic E-state index is 0.160. The Morgan fingerprint density at radius 3 is 2.68 bits per heavy atom. The van der Waals surface area contributed by atoms with Gasteiger partial charge in [-0.2, -0.15) is 0 Å². The summed E-state index contributed by atoms with van der Waals surface area (Å²) in [6.45, 7) is 0.160. The number of hydrogen-bond acceptors (Lipinski definition) is 3. The molecule has 0 bridgehead atoms. The number of rotatable bonds is 6. The van der Waals surface area contributed by atoms with Crippen LogP contribution in [0, 0.1) is 5.92 Å². The number of carbonyl (C=O) groups excluding carboxylic acids is 1. The average Bonchev–Trinajstić information content (AvgIpc) is 2.95. The quantitative estimate of drug-likeness (QED) is 0.833. The van der Waals surface area contributed by atoms with Crippen molar-refractivity contribution in [2.75, 3.05) is 6.54 Å². The highest BCUT2D eigenvalue weighted by Crippen LogP contribution is 2.31. The second-order valence-electron chi connectivity index (χ2n) is 6.70. The Labute approximate surface area is 152 Å². The van der Waals surface area contributed by atoms with Crippen molar-refractivity contribution >= 4 is 23.5 Å². The fourth-order valence-electron chi connectivity index (χ4n) is 3.61. The van der Waals surface area contributed by atoms with E-state index in [-0.39, 0.29) is 12.5 Å². The van der Waals surface area contributed by atoms with Gasteiger partial charge in [0.15, 0.2) is 0 Å². The molecule has 1 aliphatic heterocycles. The lowest BCUT2D eigenvalue weighted by Crippen LogP contribution is -2.44. The van der Waals surface area contributed by atoms with Crippen LogP contribution >= 0.6 is 11.6 Å². The Morgan fingerprint density at radius 2 is 2.00 bits per heavy atom. The van der Waals surface area contributed by atoms with Gasteiger partial charge in [0, 0.05) is 6.08 Å². The number of halogens is 1. The Morgan fingerprint density at radius 1 is 1.28 bits per heavy atom. The van der Waals surface area contributed by atoms with E-state index >= 15 is 0 Å². The van der Waals surface area contributed by atoms with E-state index in [1.165, 1.54) is 17.4 Å². The summed E-state index contributed by atoms with van der Waals surface area (Å²) in [6, 6.07) is 6.20. The summed E-state index contributed by atoms with van der Waals surface area (Å²) in [5.74, 6) is -0.00928. The predicted octanol–water partition coefficient (Wildman–Crippen LogP) is 3.87. The number of carbonyl (C=O) groups is 2. The number of carboxylic acids is 1. The summed E-state index contributed by atoms with van der Waals surface area (Å²) in [5.41, 5.74) is 0. The Hall–Kier alpha value is -2.01. The van der Waals surface area contributed by atoms with Gasteiger partial charge < -0.3 is 14.7 Å². The van der Waals surface area contributed by atoms with E-state index in [0.717, 1.165) is 25.7 Å². The number of ether oxygens (including phenoxy) is 1. The number of carboxylic acid groups (broad SMARTS) is 1. The first-order valence-electron chi connectivity index (χ1n) is 8.71. The monoisotopic (exact) mass is 363 g/mol. The molecule has 1 amide bonds. The van der Waals surface area contributed by atoms with E-state index in [9.17, 15) is 14.7 Å². The Kier molecular flexibility index (Phi) is 5.63. The third-order valence-corrected chi connectivity index (χ3v) is 5.23. The summed E-state index contributed by atoms with van der Waals surface area (Å²) in [7, 11) is 0. The van der Waals surface area contributed by atoms with Crippen LogP contribution in [0.5, 0.6) is 5.75 Å². The first kappa shape index (κ1) is 17.8. The first-order chi connectivity index (χ1) is 12.0. The van der Waals surface area contributed by atoms with Gasteiger partial charge in [-0.05, 0) is 24.5 Å². The van der Waals surface area contributed by atoms with Crippen LogP contribution in [-0.2, 0) is 9.59 Å². The summed E-state index contributed by atoms with van der Waals surface area (Å²) in [6.07, 6.45) is 7.46. The lowest BCUT2D eigenvalue weighted by atomic mass is 9.84. The zero-order chi connectivity index (χ0) is 17.8. The zero-order valence-corrected chi connectivity index (χ0v) is 14.7. The average molecular weight is 364 g/mol. The predicted molar refractivity (Wildman–Crippen MR) is 94.5 cm³/mol. The molecule has 1 aliphatic carbocycles. The summed E-state index contributed by atoms with van der Waals surface area (Å²) in [4.78, 5) is 25.5. The second kappa shape index (κ2) is 7.91. The van der Waals surface area contributed by atoms with Crippen LogP contribution in [0.4, 0.5) is 0 Å². The highest BCUT2D eigenvalue weighted by Gasteiger charge is 2.36. The largest absolute Gasteiger partial charge is 0.480 e. The smallest absolute Gasteiger partial charge is 0.326 e. The van der Waals surface area contributed by atoms with Gasteiger partial charge in [-0.1, -0.05) is 55.8 Å². The summed E-state index contributed by atoms with van der Waals surface area (Å²) < 4.78 is 5.70. The number of para-hydroxylation sites is 1. The minimum atomic E-state index is -0.952. The van der Waals surface area contributed by atoms with Crippen LogP contribution in [0.2, 0.25) is 5.02 Å². The van der Waals surface area contributed by atoms with Crippen molar-refractivity contribution in [1.82, 2.24) is 4.90 Å². The fourth-order valence-corrected chi connectivity index (χ4v) is 3.78. The van der Waals surface area contributed by atoms with Crippen LogP contribution < -0.4 is 4.74 Å². The molecular weight excluding hydrogens is 342 g/mol. The summed E-state index contributed by atoms with van der Waals surface area (Å²) >= 11 is 6.07. The topological polar surface area (TPSA) is 66.8 Å². The normalized spacial score (nSPS) is 19.6. The maximum absolute atomic E-state index is 12.3. The lowest BCUT2D eigenvalue weighted by molar-refractivity contribution is -0.148. The SMILES string of the molecule is O=C(O)C(CC1CCCCC1)N1CC(Oc2ccccc2Cl)=CC1=O. The highest BCUT2D eigenvalue weighted by molar-refractivity contribution is 6.32. The van der Waals surface area contributed by atoms with Crippen LogP contribution in [-0.4, -0.2) is 34.5 Å².